The van der Waals surface area contributed by atoms with E-state index >= 15 is 0 Å². The van der Waals surface area contributed by atoms with E-state index in [4.69, 9.17) is 30.5 Å². The Morgan fingerprint density at radius 1 is 1.20 bits per heavy atom. The Balaban J connectivity index is 1.21. The Bertz CT molecular complexity index is 1460. The number of carbonyl (C=O) groups is 1. The van der Waals surface area contributed by atoms with Gasteiger partial charge in [0.1, 0.15) is 23.7 Å². The van der Waals surface area contributed by atoms with Gasteiger partial charge in [0, 0.05) is 48.3 Å². The first-order valence-electron chi connectivity index (χ1n) is 13.5. The molecule has 3 fully saturated rings. The van der Waals surface area contributed by atoms with Crippen molar-refractivity contribution in [2.75, 3.05) is 63.3 Å². The van der Waals surface area contributed by atoms with Gasteiger partial charge in [-0.25, -0.2) is 14.4 Å². The number of halogens is 2. The summed E-state index contributed by atoms with van der Waals surface area (Å²) >= 11 is 5.96. The van der Waals surface area contributed by atoms with Crippen LogP contribution in [0.3, 0.4) is 0 Å². The van der Waals surface area contributed by atoms with Crippen molar-refractivity contribution in [3.8, 4) is 5.75 Å². The van der Waals surface area contributed by atoms with Crippen molar-refractivity contribution in [3.63, 3.8) is 0 Å². The zero-order valence-electron chi connectivity index (χ0n) is 22.6. The van der Waals surface area contributed by atoms with E-state index in [2.05, 4.69) is 32.4 Å². The third-order valence-corrected chi connectivity index (χ3v) is 7.61. The summed E-state index contributed by atoms with van der Waals surface area (Å²) in [6.45, 7) is 7.11. The van der Waals surface area contributed by atoms with Gasteiger partial charge in [-0.1, -0.05) is 24.6 Å². The van der Waals surface area contributed by atoms with E-state index in [9.17, 15) is 9.18 Å². The summed E-state index contributed by atoms with van der Waals surface area (Å²) in [5.41, 5.74) is 1.53. The quantitative estimate of drug-likeness (QED) is 0.359. The smallest absolute Gasteiger partial charge is 0.248 e. The highest BCUT2D eigenvalue weighted by molar-refractivity contribution is 6.31. The van der Waals surface area contributed by atoms with Crippen LogP contribution in [-0.2, 0) is 19.0 Å². The minimum absolute atomic E-state index is 0.00926. The second-order valence-electron chi connectivity index (χ2n) is 10.9. The van der Waals surface area contributed by atoms with Gasteiger partial charge in [0.2, 0.25) is 5.91 Å². The van der Waals surface area contributed by atoms with Crippen molar-refractivity contribution in [2.45, 2.75) is 19.1 Å². The SMILES string of the molecule is CC1(COc2cc3ncnc(Nc4ccc(F)c(Cl)c4)c3cc2NC(=O)C=CCN2CC3OCCOC3C2)COC1. The molecule has 2 aromatic carbocycles. The van der Waals surface area contributed by atoms with Crippen molar-refractivity contribution < 1.29 is 28.1 Å². The Labute approximate surface area is 241 Å². The Kier molecular flexibility index (Phi) is 8.05. The van der Waals surface area contributed by atoms with Crippen LogP contribution in [0.25, 0.3) is 10.9 Å². The van der Waals surface area contributed by atoms with Gasteiger partial charge in [-0.3, -0.25) is 9.69 Å². The van der Waals surface area contributed by atoms with E-state index in [0.717, 1.165) is 13.1 Å². The van der Waals surface area contributed by atoms with E-state index in [1.165, 1.54) is 24.5 Å². The van der Waals surface area contributed by atoms with Crippen LogP contribution in [0, 0.1) is 11.2 Å². The van der Waals surface area contributed by atoms with Crippen molar-refractivity contribution in [1.82, 2.24) is 14.9 Å². The summed E-state index contributed by atoms with van der Waals surface area (Å²) in [4.78, 5) is 24.0. The molecule has 6 rings (SSSR count). The molecule has 1 amide bonds. The molecule has 0 radical (unpaired) electrons. The molecule has 3 aliphatic rings. The lowest BCUT2D eigenvalue weighted by Gasteiger charge is -2.37. The summed E-state index contributed by atoms with van der Waals surface area (Å²) in [6.07, 6.45) is 4.94. The third kappa shape index (κ3) is 6.44. The van der Waals surface area contributed by atoms with Gasteiger partial charge in [0.25, 0.3) is 0 Å². The maximum absolute atomic E-state index is 13.7. The number of nitrogens with zero attached hydrogens (tertiary/aromatic N) is 3. The van der Waals surface area contributed by atoms with Crippen LogP contribution >= 0.6 is 11.6 Å². The van der Waals surface area contributed by atoms with Crippen LogP contribution in [0.4, 0.5) is 21.6 Å². The number of hydrogen-bond donors (Lipinski definition) is 2. The molecule has 3 saturated heterocycles. The number of nitrogens with one attached hydrogen (secondary N) is 2. The fraction of sp³-hybridized carbons (Fsp3) is 0.414. The number of ether oxygens (including phenoxy) is 4. The van der Waals surface area contributed by atoms with Crippen LogP contribution in [0.2, 0.25) is 5.02 Å². The van der Waals surface area contributed by atoms with E-state index in [-0.39, 0.29) is 28.6 Å². The Hall–Kier alpha value is -3.35. The average molecular weight is 584 g/mol. The van der Waals surface area contributed by atoms with E-state index in [0.29, 0.717) is 73.4 Å². The first-order chi connectivity index (χ1) is 19.8. The number of fused-ring (bicyclic) bond motifs is 2. The summed E-state index contributed by atoms with van der Waals surface area (Å²) in [5, 5.41) is 6.75. The second kappa shape index (κ2) is 11.9. The van der Waals surface area contributed by atoms with Gasteiger partial charge in [0.05, 0.1) is 61.5 Å². The fourth-order valence-corrected chi connectivity index (χ4v) is 5.25. The standard InChI is InChI=1S/C29H31ClFN5O5/c1-29(14-38-15-29)16-41-24-11-22-19(28(33-17-32-22)34-18-4-5-21(31)20(30)9-18)10-23(24)35-27(37)3-2-6-36-12-25-26(13-36)40-8-7-39-25/h2-5,9-11,17,25-26H,6-8,12-16H2,1H3,(H,35,37)(H,32,33,34). The highest BCUT2D eigenvalue weighted by atomic mass is 35.5. The van der Waals surface area contributed by atoms with Crippen LogP contribution < -0.4 is 15.4 Å². The molecule has 216 valence electrons. The first kappa shape index (κ1) is 27.8. The van der Waals surface area contributed by atoms with Gasteiger partial charge in [0.15, 0.2) is 0 Å². The van der Waals surface area contributed by atoms with Crippen LogP contribution in [0.15, 0.2) is 48.8 Å². The number of carbonyl (C=O) groups excluding carboxylic acids is 1. The predicted molar refractivity (Wildman–Crippen MR) is 152 cm³/mol. The van der Waals surface area contributed by atoms with Crippen molar-refractivity contribution in [2.24, 2.45) is 5.41 Å². The number of amides is 1. The topological polar surface area (TPSA) is 107 Å². The molecular formula is C29H31ClFN5O5. The molecule has 12 heteroatoms. The molecule has 3 aliphatic heterocycles. The minimum Gasteiger partial charge on any atom is -0.491 e. The average Bonchev–Trinajstić information content (AvgIpc) is 3.36. The lowest BCUT2D eigenvalue weighted by atomic mass is 9.90. The normalized spacial score (nSPS) is 21.9. The number of aromatic nitrogens is 2. The molecule has 1 aromatic heterocycles. The van der Waals surface area contributed by atoms with E-state index < -0.39 is 5.82 Å². The highest BCUT2D eigenvalue weighted by Crippen LogP contribution is 2.36. The molecule has 0 aliphatic carbocycles. The van der Waals surface area contributed by atoms with E-state index in [1.54, 1.807) is 18.2 Å². The lowest BCUT2D eigenvalue weighted by Crippen LogP contribution is -2.44. The van der Waals surface area contributed by atoms with Gasteiger partial charge in [-0.2, -0.15) is 0 Å². The van der Waals surface area contributed by atoms with Gasteiger partial charge < -0.3 is 29.6 Å². The van der Waals surface area contributed by atoms with Crippen molar-refractivity contribution in [3.05, 3.63) is 59.7 Å². The summed E-state index contributed by atoms with van der Waals surface area (Å²) < 4.78 is 36.8. The summed E-state index contributed by atoms with van der Waals surface area (Å²) in [6, 6.07) is 7.86. The molecular weight excluding hydrogens is 553 g/mol. The number of benzene rings is 2. The zero-order chi connectivity index (χ0) is 28.4. The van der Waals surface area contributed by atoms with Gasteiger partial charge in [-0.05, 0) is 24.3 Å². The monoisotopic (exact) mass is 583 g/mol. The Morgan fingerprint density at radius 2 is 1.98 bits per heavy atom. The van der Waals surface area contributed by atoms with Crippen LogP contribution in [0.5, 0.6) is 5.75 Å². The van der Waals surface area contributed by atoms with Gasteiger partial charge in [-0.15, -0.1) is 0 Å². The molecule has 0 spiro atoms. The van der Waals surface area contributed by atoms with Crippen LogP contribution in [0.1, 0.15) is 6.92 Å². The highest BCUT2D eigenvalue weighted by Gasteiger charge is 2.36. The molecule has 41 heavy (non-hydrogen) atoms. The predicted octanol–water partition coefficient (Wildman–Crippen LogP) is 4.18. The summed E-state index contributed by atoms with van der Waals surface area (Å²) in [5.74, 6) is 0.141. The molecule has 3 aromatic rings. The number of hydrogen-bond acceptors (Lipinski definition) is 9. The van der Waals surface area contributed by atoms with Crippen molar-refractivity contribution >= 4 is 45.6 Å². The van der Waals surface area contributed by atoms with Crippen molar-refractivity contribution in [1.29, 1.82) is 0 Å². The number of likely N-dealkylation sites (tertiary alicyclic amines) is 1. The molecule has 2 N–H and O–H groups in total. The van der Waals surface area contributed by atoms with Gasteiger partial charge >= 0.3 is 0 Å². The molecule has 0 bridgehead atoms. The maximum atomic E-state index is 13.7. The minimum atomic E-state index is -0.514. The number of rotatable bonds is 9. The molecule has 2 atom stereocenters. The zero-order valence-corrected chi connectivity index (χ0v) is 23.3. The lowest BCUT2D eigenvalue weighted by molar-refractivity contribution is -0.120. The number of anilines is 3. The third-order valence-electron chi connectivity index (χ3n) is 7.33. The maximum Gasteiger partial charge on any atom is 0.248 e. The van der Waals surface area contributed by atoms with E-state index in [1.807, 2.05) is 6.08 Å². The fourth-order valence-electron chi connectivity index (χ4n) is 5.07. The molecule has 2 unspecified atom stereocenters. The first-order valence-corrected chi connectivity index (χ1v) is 13.9. The molecule has 0 saturated carbocycles. The second-order valence-corrected chi connectivity index (χ2v) is 11.3. The Morgan fingerprint density at radius 3 is 2.68 bits per heavy atom. The van der Waals surface area contributed by atoms with Crippen LogP contribution in [-0.4, -0.2) is 85.7 Å². The molecule has 4 heterocycles. The summed E-state index contributed by atoms with van der Waals surface area (Å²) in [7, 11) is 0. The largest absolute Gasteiger partial charge is 0.491 e. The molecule has 10 nitrogen and oxygen atoms in total.